The van der Waals surface area contributed by atoms with E-state index in [4.69, 9.17) is 23.2 Å². The molecule has 1 atom stereocenters. The van der Waals surface area contributed by atoms with Crippen molar-refractivity contribution >= 4 is 99.5 Å². The van der Waals surface area contributed by atoms with Gasteiger partial charge in [0.25, 0.3) is 0 Å². The first-order valence-corrected chi connectivity index (χ1v) is 19.4. The molecular weight excluding hydrogens is 985 g/mol. The number of rotatable bonds is 3. The predicted molar refractivity (Wildman–Crippen MR) is 214 cm³/mol. The number of aliphatic hydroxyl groups is 1. The molecule has 0 aliphatic carbocycles. The van der Waals surface area contributed by atoms with Crippen LogP contribution in [0, 0.1) is 6.92 Å². The van der Waals surface area contributed by atoms with Crippen LogP contribution < -0.4 is 0 Å². The Labute approximate surface area is 351 Å². The minimum atomic E-state index is -4.47. The Morgan fingerprint density at radius 2 is 1.16 bits per heavy atom. The van der Waals surface area contributed by atoms with E-state index >= 15 is 0 Å². The number of aryl methyl sites for hydroxylation is 1. The Bertz CT molecular complexity index is 2420. The Morgan fingerprint density at radius 3 is 1.57 bits per heavy atom. The molecule has 0 bridgehead atoms. The largest absolute Gasteiger partial charge is 0.417 e. The van der Waals surface area contributed by atoms with Crippen LogP contribution in [0.4, 0.5) is 31.1 Å². The molecule has 1 unspecified atom stereocenters. The maximum atomic E-state index is 13.3. The number of carbonyl (C=O) groups excluding carboxylic acids is 1. The summed E-state index contributed by atoms with van der Waals surface area (Å²) in [6.45, 7) is 5.15. The van der Waals surface area contributed by atoms with Gasteiger partial charge in [-0.15, -0.1) is 0 Å². The molecule has 3 heterocycles. The van der Waals surface area contributed by atoms with Crippen molar-refractivity contribution in [2.24, 2.45) is 0 Å². The van der Waals surface area contributed by atoms with Gasteiger partial charge in [0, 0.05) is 16.5 Å². The Kier molecular flexibility index (Phi) is 13.3. The summed E-state index contributed by atoms with van der Waals surface area (Å²) in [7, 11) is 0. The number of hydrogen-bond acceptors (Lipinski definition) is 6. The van der Waals surface area contributed by atoms with E-state index in [1.165, 1.54) is 28.2 Å². The van der Waals surface area contributed by atoms with E-state index in [0.29, 0.717) is 43.5 Å². The maximum Gasteiger partial charge on any atom is 0.417 e. The molecule has 294 valence electrons. The number of para-hydroxylation sites is 2. The molecule has 8 nitrogen and oxygen atoms in total. The summed E-state index contributed by atoms with van der Waals surface area (Å²) < 4.78 is 81.8. The lowest BCUT2D eigenvalue weighted by molar-refractivity contribution is -0.137. The lowest BCUT2D eigenvalue weighted by Crippen LogP contribution is -2.41. The van der Waals surface area contributed by atoms with E-state index in [2.05, 4.69) is 68.2 Å². The fourth-order valence-corrected chi connectivity index (χ4v) is 7.50. The molecule has 4 aromatic carbocycles. The van der Waals surface area contributed by atoms with Crippen LogP contribution in [-0.2, 0) is 17.7 Å². The zero-order chi connectivity index (χ0) is 41.3. The number of alkyl halides is 7. The summed E-state index contributed by atoms with van der Waals surface area (Å²) in [6, 6.07) is 20.5. The zero-order valence-electron chi connectivity index (χ0n) is 29.1. The highest BCUT2D eigenvalue weighted by atomic mass is 79.9. The number of aromatic nitrogens is 4. The summed E-state index contributed by atoms with van der Waals surface area (Å²) in [4.78, 5) is 28.5. The van der Waals surface area contributed by atoms with Gasteiger partial charge in [-0.3, -0.25) is 0 Å². The summed E-state index contributed by atoms with van der Waals surface area (Å²) in [5, 5.41) is 10.4. The number of carbonyl (C=O) groups is 1. The average molecular weight is 1010 g/mol. The van der Waals surface area contributed by atoms with Crippen molar-refractivity contribution in [1.29, 1.82) is 0 Å². The molecule has 1 aliphatic heterocycles. The number of amides is 2. The Morgan fingerprint density at radius 1 is 0.714 bits per heavy atom. The predicted octanol–water partition coefficient (Wildman–Crippen LogP) is 12.6. The first-order chi connectivity index (χ1) is 26.2. The van der Waals surface area contributed by atoms with Crippen LogP contribution in [0.5, 0.6) is 0 Å². The minimum Gasteiger partial charge on any atom is -0.370 e. The normalized spacial score (nSPS) is 15.4. The number of halogens is 11. The molecule has 1 N–H and O–H groups in total. The van der Waals surface area contributed by atoms with Crippen LogP contribution in [0.1, 0.15) is 36.4 Å². The number of hydrogen-bond donors (Lipinski definition) is 1. The van der Waals surface area contributed by atoms with Crippen LogP contribution in [0.3, 0.4) is 0 Å². The smallest absolute Gasteiger partial charge is 0.370 e. The molecular formula is C37H27Br3Cl2F6N6O2. The summed E-state index contributed by atoms with van der Waals surface area (Å²) in [5.41, 5.74) is 0.978. The van der Waals surface area contributed by atoms with Gasteiger partial charge in [-0.05, 0) is 57.2 Å². The second kappa shape index (κ2) is 17.1. The fourth-order valence-electron chi connectivity index (χ4n) is 5.46. The van der Waals surface area contributed by atoms with Crippen molar-refractivity contribution in [3.63, 3.8) is 0 Å². The first kappa shape index (κ1) is 43.5. The Hall–Kier alpha value is -3.61. The molecule has 2 amide bonds. The van der Waals surface area contributed by atoms with Crippen LogP contribution in [0.2, 0.25) is 10.0 Å². The molecule has 2 aromatic heterocycles. The zero-order valence-corrected chi connectivity index (χ0v) is 35.3. The molecule has 1 fully saturated rings. The molecule has 6 aromatic rings. The van der Waals surface area contributed by atoms with Gasteiger partial charge < -0.3 is 5.11 Å². The van der Waals surface area contributed by atoms with Gasteiger partial charge in [0.05, 0.1) is 92.8 Å². The second-order valence-electron chi connectivity index (χ2n) is 12.5. The van der Waals surface area contributed by atoms with E-state index in [1.54, 1.807) is 69.3 Å². The van der Waals surface area contributed by atoms with Crippen molar-refractivity contribution in [3.05, 3.63) is 117 Å². The number of aliphatic hydroxyl groups excluding tert-OH is 1. The SMILES string of the molecule is CC1(C)C(O)N(Br)C(=O)N1Br.Cc1nc2cccc(Cl)c2nc1-c1ccccc1C(F)(F)F.FC(F)(F)c1ccccc1-c1nc2c(Cl)cccc2nc1CBr. The minimum absolute atomic E-state index is 0.00168. The quantitative estimate of drug-likeness (QED) is 0.108. The summed E-state index contributed by atoms with van der Waals surface area (Å²) in [5.74, 6) is 0. The standard InChI is InChI=1S/C16H9BrClF3N2.C16H10ClF3N2.C5H8Br2N2O2/c17-8-13-14(9-4-1-2-5-10(9)16(19,20)21)23-15-11(18)6-3-7-12(15)22-13;1-9-14(10-5-2-3-6-11(10)16(18,19)20)22-15-12(17)7-4-8-13(15)21-9;1-5(2)3(10)8(6)4(11)9(5)7/h1-7H,8H2;2-8H,1H3;3,10H,1-2H3. The lowest BCUT2D eigenvalue weighted by Gasteiger charge is -2.26. The van der Waals surface area contributed by atoms with Gasteiger partial charge in [-0.25, -0.2) is 32.6 Å². The van der Waals surface area contributed by atoms with Crippen molar-refractivity contribution in [1.82, 2.24) is 27.8 Å². The molecule has 0 radical (unpaired) electrons. The van der Waals surface area contributed by atoms with Gasteiger partial charge in [0.1, 0.15) is 11.0 Å². The van der Waals surface area contributed by atoms with Gasteiger partial charge >= 0.3 is 18.4 Å². The highest BCUT2D eigenvalue weighted by molar-refractivity contribution is 9.08. The number of benzene rings is 4. The van der Waals surface area contributed by atoms with Crippen LogP contribution in [-0.4, -0.2) is 50.7 Å². The third kappa shape index (κ3) is 9.07. The molecule has 0 spiro atoms. The third-order valence-electron chi connectivity index (χ3n) is 8.34. The van der Waals surface area contributed by atoms with Crippen LogP contribution in [0.25, 0.3) is 44.6 Å². The summed E-state index contributed by atoms with van der Waals surface area (Å²) in [6.07, 6.45) is -9.77. The molecule has 1 aliphatic rings. The van der Waals surface area contributed by atoms with Gasteiger partial charge in [0.2, 0.25) is 0 Å². The molecule has 7 rings (SSSR count). The van der Waals surface area contributed by atoms with Crippen LogP contribution in [0.15, 0.2) is 84.9 Å². The highest BCUT2D eigenvalue weighted by Gasteiger charge is 2.49. The molecule has 0 saturated carbocycles. The van der Waals surface area contributed by atoms with Crippen molar-refractivity contribution in [3.8, 4) is 22.5 Å². The summed E-state index contributed by atoms with van der Waals surface area (Å²) >= 11 is 21.5. The van der Waals surface area contributed by atoms with E-state index in [-0.39, 0.29) is 33.9 Å². The second-order valence-corrected chi connectivity index (χ2v) is 15.4. The monoisotopic (exact) mass is 1010 g/mol. The topological polar surface area (TPSA) is 95.3 Å². The van der Waals surface area contributed by atoms with Crippen molar-refractivity contribution in [2.75, 3.05) is 0 Å². The van der Waals surface area contributed by atoms with E-state index in [1.807, 2.05) is 0 Å². The van der Waals surface area contributed by atoms with E-state index in [9.17, 15) is 36.2 Å². The third-order valence-corrected chi connectivity index (χ3v) is 11.4. The average Bonchev–Trinajstić information content (AvgIpc) is 3.28. The maximum absolute atomic E-state index is 13.3. The van der Waals surface area contributed by atoms with Gasteiger partial charge in [-0.1, -0.05) is 87.7 Å². The molecule has 56 heavy (non-hydrogen) atoms. The fraction of sp³-hybridized carbons (Fsp3) is 0.216. The number of fused-ring (bicyclic) bond motifs is 2. The van der Waals surface area contributed by atoms with Gasteiger partial charge in [-0.2, -0.15) is 26.3 Å². The van der Waals surface area contributed by atoms with Crippen LogP contribution >= 0.6 is 71.4 Å². The van der Waals surface area contributed by atoms with E-state index < -0.39 is 35.2 Å². The number of nitrogens with zero attached hydrogens (tertiary/aromatic N) is 6. The first-order valence-electron chi connectivity index (χ1n) is 16.1. The van der Waals surface area contributed by atoms with Gasteiger partial charge in [0.15, 0.2) is 6.23 Å². The lowest BCUT2D eigenvalue weighted by atomic mass is 10.0. The molecule has 1 saturated heterocycles. The van der Waals surface area contributed by atoms with Crippen molar-refractivity contribution in [2.45, 2.75) is 50.2 Å². The Balaban J connectivity index is 0.000000171. The number of urea groups is 1. The highest BCUT2D eigenvalue weighted by Crippen LogP contribution is 2.40. The van der Waals surface area contributed by atoms with E-state index in [0.717, 1.165) is 16.1 Å². The van der Waals surface area contributed by atoms with Crippen molar-refractivity contribution < 1.29 is 36.2 Å². The molecule has 19 heteroatoms.